The second-order valence-electron chi connectivity index (χ2n) is 10.9. The summed E-state index contributed by atoms with van der Waals surface area (Å²) in [7, 11) is 2.08. The van der Waals surface area contributed by atoms with Gasteiger partial charge in [-0.3, -0.25) is 9.78 Å². The summed E-state index contributed by atoms with van der Waals surface area (Å²) < 4.78 is 19.9. The van der Waals surface area contributed by atoms with Crippen LogP contribution in [0.1, 0.15) is 19.3 Å². The first-order chi connectivity index (χ1) is 20.8. The van der Waals surface area contributed by atoms with Crippen molar-refractivity contribution >= 4 is 45.1 Å². The molecule has 6 rings (SSSR count). The zero-order valence-corrected chi connectivity index (χ0v) is 24.5. The molecule has 2 atom stereocenters. The van der Waals surface area contributed by atoms with Crippen LogP contribution in [0.3, 0.4) is 0 Å². The monoisotopic (exact) mass is 600 g/mol. The van der Waals surface area contributed by atoms with Crippen LogP contribution in [0.15, 0.2) is 55.1 Å². The van der Waals surface area contributed by atoms with Gasteiger partial charge in [0.25, 0.3) is 5.91 Å². The molecule has 43 heavy (non-hydrogen) atoms. The van der Waals surface area contributed by atoms with E-state index in [0.717, 1.165) is 35.7 Å². The lowest BCUT2D eigenvalue weighted by Crippen LogP contribution is -2.55. The molecule has 2 aliphatic heterocycles. The number of hydrogen-bond donors (Lipinski definition) is 0. The van der Waals surface area contributed by atoms with Crippen LogP contribution in [0.25, 0.3) is 33.1 Å². The molecule has 0 radical (unpaired) electrons. The van der Waals surface area contributed by atoms with Gasteiger partial charge in [-0.1, -0.05) is 30.3 Å². The van der Waals surface area contributed by atoms with Crippen LogP contribution in [0, 0.1) is 11.3 Å². The van der Waals surface area contributed by atoms with E-state index in [9.17, 15) is 14.4 Å². The molecule has 0 unspecified atom stereocenters. The highest BCUT2D eigenvalue weighted by Crippen LogP contribution is 2.35. The summed E-state index contributed by atoms with van der Waals surface area (Å²) in [6, 6.07) is 11.5. The van der Waals surface area contributed by atoms with Crippen LogP contribution >= 0.6 is 11.6 Å². The molecule has 0 N–H and O–H groups in total. The van der Waals surface area contributed by atoms with Gasteiger partial charge in [0.05, 0.1) is 29.6 Å². The Morgan fingerprint density at radius 3 is 2.79 bits per heavy atom. The summed E-state index contributed by atoms with van der Waals surface area (Å²) >= 11 is 6.60. The van der Waals surface area contributed by atoms with Crippen LogP contribution < -0.4 is 9.64 Å². The normalized spacial score (nSPS) is 19.1. The van der Waals surface area contributed by atoms with E-state index < -0.39 is 17.8 Å². The zero-order valence-electron chi connectivity index (χ0n) is 23.7. The first-order valence-electron chi connectivity index (χ1n) is 14.2. The number of piperazine rings is 1. The molecule has 2 saturated heterocycles. The van der Waals surface area contributed by atoms with Gasteiger partial charge in [0.1, 0.15) is 12.4 Å². The van der Waals surface area contributed by atoms with Crippen molar-refractivity contribution < 1.29 is 13.9 Å². The largest absolute Gasteiger partial charge is 0.462 e. The van der Waals surface area contributed by atoms with Crippen molar-refractivity contribution in [1.29, 1.82) is 5.26 Å². The Kier molecular flexibility index (Phi) is 8.06. The van der Waals surface area contributed by atoms with E-state index >= 15 is 0 Å². The number of carbonyl (C=O) groups is 1. The molecular weight excluding hydrogens is 571 g/mol. The van der Waals surface area contributed by atoms with Crippen molar-refractivity contribution in [2.75, 3.05) is 44.7 Å². The molecular formula is C31H30ClFN8O2. The third-order valence-electron chi connectivity index (χ3n) is 8.21. The highest BCUT2D eigenvalue weighted by atomic mass is 35.5. The number of likely N-dealkylation sites (tertiary alicyclic amines) is 1. The van der Waals surface area contributed by atoms with Crippen molar-refractivity contribution in [3.8, 4) is 23.3 Å². The molecule has 12 heteroatoms. The number of anilines is 1. The number of amides is 1. The average Bonchev–Trinajstić information content (AvgIpc) is 3.43. The molecule has 2 fully saturated rings. The SMILES string of the molecule is C=C(F)C(=O)N1CCN(c2nc(OC[C@@H]3CCCN3C)nc3nc(-c4cncc5cccc(Cl)c45)ccc23)C[C@@H]1CC#N. The number of rotatable bonds is 7. The van der Waals surface area contributed by atoms with Gasteiger partial charge in [0, 0.05) is 59.4 Å². The average molecular weight is 601 g/mol. The van der Waals surface area contributed by atoms with Crippen molar-refractivity contribution in [3.63, 3.8) is 0 Å². The maximum Gasteiger partial charge on any atom is 0.320 e. The predicted octanol–water partition coefficient (Wildman–Crippen LogP) is 4.78. The maximum absolute atomic E-state index is 13.8. The smallest absolute Gasteiger partial charge is 0.320 e. The molecule has 0 bridgehead atoms. The number of ether oxygens (including phenoxy) is 1. The van der Waals surface area contributed by atoms with Crippen molar-refractivity contribution in [3.05, 3.63) is 60.2 Å². The zero-order chi connectivity index (χ0) is 30.1. The fourth-order valence-electron chi connectivity index (χ4n) is 5.93. The van der Waals surface area contributed by atoms with Crippen molar-refractivity contribution in [2.45, 2.75) is 31.3 Å². The number of benzene rings is 1. The molecule has 3 aromatic heterocycles. The van der Waals surface area contributed by atoms with Gasteiger partial charge in [-0.15, -0.1) is 0 Å². The number of fused-ring (bicyclic) bond motifs is 2. The number of aromatic nitrogens is 4. The molecule has 0 saturated carbocycles. The molecule has 0 spiro atoms. The lowest BCUT2D eigenvalue weighted by Gasteiger charge is -2.41. The van der Waals surface area contributed by atoms with E-state index in [-0.39, 0.29) is 31.6 Å². The minimum atomic E-state index is -1.05. The molecule has 220 valence electrons. The first kappa shape index (κ1) is 28.7. The maximum atomic E-state index is 13.8. The van der Waals surface area contributed by atoms with Crippen LogP contribution in [-0.4, -0.2) is 87.6 Å². The Morgan fingerprint density at radius 2 is 2.02 bits per heavy atom. The number of nitrogens with zero attached hydrogens (tertiary/aromatic N) is 8. The van der Waals surface area contributed by atoms with Gasteiger partial charge >= 0.3 is 6.01 Å². The standard InChI is InChI=1S/C31H30ClFN8O2/c1-19(33)30(42)41-14-13-40(17-21(41)10-11-34)29-23-8-9-26(24-16-35-15-20-5-3-7-25(32)27(20)24)36-28(23)37-31(38-29)43-18-22-6-4-12-39(22)2/h3,5,7-9,15-16,21-22H,1,4,6,10,12-14,17-18H2,2H3/t21-,22-/m0/s1. The fraction of sp³-hybridized carbons (Fsp3) is 0.355. The van der Waals surface area contributed by atoms with Crippen LogP contribution in [0.2, 0.25) is 5.02 Å². The Hall–Kier alpha value is -4.40. The fourth-order valence-corrected chi connectivity index (χ4v) is 6.21. The summed E-state index contributed by atoms with van der Waals surface area (Å²) in [4.78, 5) is 36.9. The summed E-state index contributed by atoms with van der Waals surface area (Å²) in [6.45, 7) is 5.44. The second kappa shape index (κ2) is 12.1. The molecule has 5 heterocycles. The number of nitriles is 1. The number of pyridine rings is 2. The number of halogens is 2. The number of hydrogen-bond acceptors (Lipinski definition) is 9. The minimum Gasteiger partial charge on any atom is -0.462 e. The van der Waals surface area contributed by atoms with Gasteiger partial charge in [-0.2, -0.15) is 15.2 Å². The van der Waals surface area contributed by atoms with Crippen LogP contribution in [-0.2, 0) is 4.79 Å². The van der Waals surface area contributed by atoms with Crippen LogP contribution in [0.4, 0.5) is 10.2 Å². The Morgan fingerprint density at radius 1 is 1.16 bits per heavy atom. The predicted molar refractivity (Wildman–Crippen MR) is 162 cm³/mol. The highest BCUT2D eigenvalue weighted by molar-refractivity contribution is 6.36. The number of likely N-dealkylation sites (N-methyl/N-ethyl adjacent to an activating group) is 1. The molecule has 2 aliphatic rings. The van der Waals surface area contributed by atoms with Crippen LogP contribution in [0.5, 0.6) is 6.01 Å². The Balaban J connectivity index is 1.41. The molecule has 4 aromatic rings. The molecule has 1 amide bonds. The van der Waals surface area contributed by atoms with E-state index in [1.54, 1.807) is 12.4 Å². The third-order valence-corrected chi connectivity index (χ3v) is 8.52. The van der Waals surface area contributed by atoms with E-state index in [4.69, 9.17) is 31.3 Å². The Labute approximate surface area is 253 Å². The van der Waals surface area contributed by atoms with Crippen molar-refractivity contribution in [1.82, 2.24) is 29.7 Å². The van der Waals surface area contributed by atoms with Gasteiger partial charge < -0.3 is 19.4 Å². The minimum absolute atomic E-state index is 0.0349. The quantitative estimate of drug-likeness (QED) is 0.277. The summed E-state index contributed by atoms with van der Waals surface area (Å²) in [5.41, 5.74) is 1.84. The van der Waals surface area contributed by atoms with E-state index in [1.165, 1.54) is 4.90 Å². The van der Waals surface area contributed by atoms with Crippen molar-refractivity contribution in [2.24, 2.45) is 0 Å². The van der Waals surface area contributed by atoms with Gasteiger partial charge in [-0.25, -0.2) is 9.37 Å². The first-order valence-corrected chi connectivity index (χ1v) is 14.5. The van der Waals surface area contributed by atoms with E-state index in [2.05, 4.69) is 29.6 Å². The summed E-state index contributed by atoms with van der Waals surface area (Å²) in [5.74, 6) is -1.27. The molecule has 1 aromatic carbocycles. The summed E-state index contributed by atoms with van der Waals surface area (Å²) in [6.07, 6.45) is 5.67. The van der Waals surface area contributed by atoms with E-state index in [1.807, 2.05) is 35.2 Å². The van der Waals surface area contributed by atoms with E-state index in [0.29, 0.717) is 40.7 Å². The van der Waals surface area contributed by atoms with Gasteiger partial charge in [0.15, 0.2) is 11.5 Å². The van der Waals surface area contributed by atoms with Gasteiger partial charge in [-0.05, 0) is 44.6 Å². The molecule has 10 nitrogen and oxygen atoms in total. The third kappa shape index (κ3) is 5.68. The number of carbonyl (C=O) groups excluding carboxylic acids is 1. The Bertz CT molecular complexity index is 1760. The second-order valence-corrected chi connectivity index (χ2v) is 11.3. The summed E-state index contributed by atoms with van der Waals surface area (Å²) in [5, 5.41) is 12.5. The highest BCUT2D eigenvalue weighted by Gasteiger charge is 2.33. The lowest BCUT2D eigenvalue weighted by atomic mass is 10.0. The topological polar surface area (TPSA) is 111 Å². The lowest BCUT2D eigenvalue weighted by molar-refractivity contribution is -0.131. The van der Waals surface area contributed by atoms with Gasteiger partial charge in [0.2, 0.25) is 0 Å². The molecule has 0 aliphatic carbocycles.